The number of hydrogen-bond acceptors (Lipinski definition) is 3. The molecule has 0 aromatic heterocycles. The van der Waals surface area contributed by atoms with Crippen LogP contribution in [0.3, 0.4) is 0 Å². The lowest BCUT2D eigenvalue weighted by Crippen LogP contribution is -2.41. The minimum absolute atomic E-state index is 0. The molecule has 2 rings (SSSR count). The van der Waals surface area contributed by atoms with Crippen LogP contribution in [0.5, 0.6) is 5.75 Å². The van der Waals surface area contributed by atoms with Gasteiger partial charge in [0.15, 0.2) is 5.96 Å². The minimum Gasteiger partial charge on any atom is -0.494 e. The van der Waals surface area contributed by atoms with E-state index in [9.17, 15) is 0 Å². The zero-order chi connectivity index (χ0) is 18.7. The van der Waals surface area contributed by atoms with Gasteiger partial charge in [-0.15, -0.1) is 24.0 Å². The first kappa shape index (κ1) is 24.0. The van der Waals surface area contributed by atoms with Gasteiger partial charge in [0.1, 0.15) is 5.75 Å². The maximum atomic E-state index is 5.64. The summed E-state index contributed by atoms with van der Waals surface area (Å²) in [6.45, 7) is 11.2. The molecule has 6 heteroatoms. The molecular weight excluding hydrogens is 453 g/mol. The second kappa shape index (κ2) is 13.2. The van der Waals surface area contributed by atoms with Gasteiger partial charge in [-0.3, -0.25) is 4.99 Å². The van der Waals surface area contributed by atoms with Gasteiger partial charge in [-0.1, -0.05) is 25.5 Å². The summed E-state index contributed by atoms with van der Waals surface area (Å²) in [5, 5.41) is 6.81. The quantitative estimate of drug-likeness (QED) is 0.237. The predicted molar refractivity (Wildman–Crippen MR) is 124 cm³/mol. The standard InChI is InChI=1S/C21H35N3O2.HI/c1-4-7-14-23-20(22-5-2)24-17-21(12-15-25-16-13-21)18-8-10-19(11-9-18)26-6-3;/h8-11H,4-7,12-17H2,1-3H3,(H2,22,23,24);1H. The van der Waals surface area contributed by atoms with Crippen molar-refractivity contribution in [2.45, 2.75) is 51.9 Å². The highest BCUT2D eigenvalue weighted by Crippen LogP contribution is 2.36. The molecule has 1 aromatic carbocycles. The van der Waals surface area contributed by atoms with Crippen molar-refractivity contribution in [3.63, 3.8) is 0 Å². The Labute approximate surface area is 181 Å². The number of nitrogens with one attached hydrogen (secondary N) is 2. The van der Waals surface area contributed by atoms with Crippen LogP contribution >= 0.6 is 24.0 Å². The lowest BCUT2D eigenvalue weighted by Gasteiger charge is -2.36. The lowest BCUT2D eigenvalue weighted by atomic mass is 9.74. The number of rotatable bonds is 9. The molecule has 1 aliphatic heterocycles. The van der Waals surface area contributed by atoms with Crippen LogP contribution in [0.4, 0.5) is 0 Å². The largest absolute Gasteiger partial charge is 0.494 e. The van der Waals surface area contributed by atoms with E-state index in [1.54, 1.807) is 0 Å². The molecule has 0 aliphatic carbocycles. The summed E-state index contributed by atoms with van der Waals surface area (Å²) in [6, 6.07) is 8.54. The molecule has 1 saturated heterocycles. The van der Waals surface area contributed by atoms with Crippen LogP contribution in [0.15, 0.2) is 29.3 Å². The number of unbranched alkanes of at least 4 members (excludes halogenated alkanes) is 1. The van der Waals surface area contributed by atoms with Gasteiger partial charge in [-0.05, 0) is 50.8 Å². The molecule has 0 atom stereocenters. The fraction of sp³-hybridized carbons (Fsp3) is 0.667. The van der Waals surface area contributed by atoms with Crippen molar-refractivity contribution < 1.29 is 9.47 Å². The molecule has 1 fully saturated rings. The molecule has 1 aliphatic rings. The van der Waals surface area contributed by atoms with E-state index < -0.39 is 0 Å². The lowest BCUT2D eigenvalue weighted by molar-refractivity contribution is 0.0531. The fourth-order valence-electron chi connectivity index (χ4n) is 3.33. The molecule has 2 N–H and O–H groups in total. The maximum Gasteiger partial charge on any atom is 0.191 e. The van der Waals surface area contributed by atoms with Crippen molar-refractivity contribution in [1.82, 2.24) is 10.6 Å². The van der Waals surface area contributed by atoms with Crippen LogP contribution < -0.4 is 15.4 Å². The molecule has 0 spiro atoms. The number of aliphatic imine (C=N–C) groups is 1. The van der Waals surface area contributed by atoms with E-state index in [0.29, 0.717) is 6.61 Å². The third kappa shape index (κ3) is 7.49. The van der Waals surface area contributed by atoms with Crippen LogP contribution in [-0.2, 0) is 10.2 Å². The van der Waals surface area contributed by atoms with Gasteiger partial charge in [-0.2, -0.15) is 0 Å². The molecular formula is C21H36IN3O2. The van der Waals surface area contributed by atoms with E-state index in [1.165, 1.54) is 12.0 Å². The number of ether oxygens (including phenoxy) is 2. The molecule has 0 saturated carbocycles. The maximum absolute atomic E-state index is 5.64. The number of nitrogens with zero attached hydrogens (tertiary/aromatic N) is 1. The Balaban J connectivity index is 0.00000364. The van der Waals surface area contributed by atoms with Crippen molar-refractivity contribution in [2.24, 2.45) is 4.99 Å². The van der Waals surface area contributed by atoms with E-state index >= 15 is 0 Å². The summed E-state index contributed by atoms with van der Waals surface area (Å²) in [5.41, 5.74) is 1.37. The highest BCUT2D eigenvalue weighted by molar-refractivity contribution is 14.0. The molecule has 1 heterocycles. The number of halogens is 1. The van der Waals surface area contributed by atoms with Crippen LogP contribution in [-0.4, -0.2) is 45.4 Å². The van der Waals surface area contributed by atoms with E-state index in [1.807, 2.05) is 6.92 Å². The Morgan fingerprint density at radius 3 is 2.41 bits per heavy atom. The summed E-state index contributed by atoms with van der Waals surface area (Å²) in [4.78, 5) is 4.92. The van der Waals surface area contributed by atoms with Gasteiger partial charge < -0.3 is 20.1 Å². The Bertz CT molecular complexity index is 543. The number of benzene rings is 1. The SMILES string of the molecule is CCCCNC(=NCC1(c2ccc(OCC)cc2)CCOCC1)NCC.I. The van der Waals surface area contributed by atoms with Crippen LogP contribution in [0.2, 0.25) is 0 Å². The minimum atomic E-state index is 0. The van der Waals surface area contributed by atoms with Gasteiger partial charge >= 0.3 is 0 Å². The molecule has 0 unspecified atom stereocenters. The predicted octanol–water partition coefficient (Wildman–Crippen LogP) is 4.11. The first-order valence-electron chi connectivity index (χ1n) is 10.1. The van der Waals surface area contributed by atoms with Gasteiger partial charge in [0, 0.05) is 31.7 Å². The first-order valence-corrected chi connectivity index (χ1v) is 10.1. The van der Waals surface area contributed by atoms with E-state index in [-0.39, 0.29) is 29.4 Å². The summed E-state index contributed by atoms with van der Waals surface area (Å²) in [5.74, 6) is 1.84. The van der Waals surface area contributed by atoms with E-state index in [0.717, 1.165) is 63.8 Å². The molecule has 0 radical (unpaired) electrons. The van der Waals surface area contributed by atoms with E-state index in [4.69, 9.17) is 14.5 Å². The smallest absolute Gasteiger partial charge is 0.191 e. The molecule has 1 aromatic rings. The van der Waals surface area contributed by atoms with Gasteiger partial charge in [0.05, 0.1) is 13.2 Å². The molecule has 0 bridgehead atoms. The number of guanidine groups is 1. The topological polar surface area (TPSA) is 54.9 Å². The summed E-state index contributed by atoms with van der Waals surface area (Å²) < 4.78 is 11.2. The summed E-state index contributed by atoms with van der Waals surface area (Å²) in [6.07, 6.45) is 4.33. The summed E-state index contributed by atoms with van der Waals surface area (Å²) in [7, 11) is 0. The molecule has 27 heavy (non-hydrogen) atoms. The van der Waals surface area contributed by atoms with Crippen molar-refractivity contribution in [3.05, 3.63) is 29.8 Å². The molecule has 5 nitrogen and oxygen atoms in total. The molecule has 0 amide bonds. The first-order chi connectivity index (χ1) is 12.7. The highest BCUT2D eigenvalue weighted by atomic mass is 127. The normalized spacial score (nSPS) is 16.3. The zero-order valence-corrected chi connectivity index (χ0v) is 19.4. The summed E-state index contributed by atoms with van der Waals surface area (Å²) >= 11 is 0. The van der Waals surface area contributed by atoms with Crippen LogP contribution in [0.25, 0.3) is 0 Å². The van der Waals surface area contributed by atoms with Crippen molar-refractivity contribution in [2.75, 3.05) is 39.5 Å². The highest BCUT2D eigenvalue weighted by Gasteiger charge is 2.34. The Kier molecular flexibility index (Phi) is 11.7. The second-order valence-corrected chi connectivity index (χ2v) is 6.83. The van der Waals surface area contributed by atoms with Gasteiger partial charge in [0.2, 0.25) is 0 Å². The Morgan fingerprint density at radius 2 is 1.81 bits per heavy atom. The third-order valence-electron chi connectivity index (χ3n) is 4.93. The van der Waals surface area contributed by atoms with Crippen LogP contribution in [0, 0.1) is 0 Å². The van der Waals surface area contributed by atoms with Gasteiger partial charge in [0.25, 0.3) is 0 Å². The van der Waals surface area contributed by atoms with Crippen molar-refractivity contribution >= 4 is 29.9 Å². The molecule has 154 valence electrons. The average molecular weight is 489 g/mol. The van der Waals surface area contributed by atoms with E-state index in [2.05, 4.69) is 48.7 Å². The zero-order valence-electron chi connectivity index (χ0n) is 17.1. The number of hydrogen-bond donors (Lipinski definition) is 2. The van der Waals surface area contributed by atoms with Crippen LogP contribution in [0.1, 0.15) is 52.0 Å². The fourth-order valence-corrected chi connectivity index (χ4v) is 3.33. The Hall–Kier alpha value is -1.02. The van der Waals surface area contributed by atoms with Crippen molar-refractivity contribution in [3.8, 4) is 5.75 Å². The Morgan fingerprint density at radius 1 is 1.11 bits per heavy atom. The third-order valence-corrected chi connectivity index (χ3v) is 4.93. The average Bonchev–Trinajstić information content (AvgIpc) is 2.68. The van der Waals surface area contributed by atoms with Gasteiger partial charge in [-0.25, -0.2) is 0 Å². The van der Waals surface area contributed by atoms with Crippen molar-refractivity contribution in [1.29, 1.82) is 0 Å². The second-order valence-electron chi connectivity index (χ2n) is 6.83. The monoisotopic (exact) mass is 489 g/mol.